The van der Waals surface area contributed by atoms with Crippen LogP contribution in [-0.4, -0.2) is 31.3 Å². The summed E-state index contributed by atoms with van der Waals surface area (Å²) in [5, 5.41) is 6.59. The number of hydrogen-bond acceptors (Lipinski definition) is 5. The van der Waals surface area contributed by atoms with Crippen molar-refractivity contribution in [1.82, 2.24) is 10.5 Å². The number of benzene rings is 1. The van der Waals surface area contributed by atoms with Gasteiger partial charge in [-0.25, -0.2) is 0 Å². The minimum Gasteiger partial charge on any atom is -0.488 e. The molecule has 1 aromatic heterocycles. The van der Waals surface area contributed by atoms with Gasteiger partial charge in [-0.15, -0.1) is 0 Å². The van der Waals surface area contributed by atoms with Crippen LogP contribution in [0.2, 0.25) is 0 Å². The van der Waals surface area contributed by atoms with E-state index in [4.69, 9.17) is 14.0 Å². The first-order valence-corrected chi connectivity index (χ1v) is 6.29. The second kappa shape index (κ2) is 5.34. The summed E-state index contributed by atoms with van der Waals surface area (Å²) in [6.45, 7) is 1.16. The number of rotatable bonds is 4. The number of ether oxygens (including phenoxy) is 2. The van der Waals surface area contributed by atoms with Crippen LogP contribution >= 0.6 is 0 Å². The van der Waals surface area contributed by atoms with Crippen molar-refractivity contribution in [3.05, 3.63) is 35.5 Å². The van der Waals surface area contributed by atoms with Crippen LogP contribution in [-0.2, 0) is 11.3 Å². The van der Waals surface area contributed by atoms with Crippen molar-refractivity contribution in [2.24, 2.45) is 0 Å². The summed E-state index contributed by atoms with van der Waals surface area (Å²) >= 11 is 0. The highest BCUT2D eigenvalue weighted by Crippen LogP contribution is 2.38. The molecule has 0 aliphatic carbocycles. The van der Waals surface area contributed by atoms with Gasteiger partial charge in [0.2, 0.25) is 0 Å². The molecule has 104 valence electrons. The van der Waals surface area contributed by atoms with E-state index in [2.05, 4.69) is 10.5 Å². The van der Waals surface area contributed by atoms with Gasteiger partial charge >= 0.3 is 0 Å². The fourth-order valence-corrected chi connectivity index (χ4v) is 2.11. The van der Waals surface area contributed by atoms with Crippen LogP contribution in [0.4, 0.5) is 0 Å². The zero-order valence-corrected chi connectivity index (χ0v) is 11.0. The van der Waals surface area contributed by atoms with E-state index < -0.39 is 0 Å². The zero-order chi connectivity index (χ0) is 13.9. The molecule has 0 unspecified atom stereocenters. The maximum Gasteiger partial charge on any atom is 0.273 e. The lowest BCUT2D eigenvalue weighted by Crippen LogP contribution is -2.28. The van der Waals surface area contributed by atoms with Crippen LogP contribution in [0.25, 0.3) is 11.3 Å². The summed E-state index contributed by atoms with van der Waals surface area (Å²) < 4.78 is 15.8. The summed E-state index contributed by atoms with van der Waals surface area (Å²) in [5.74, 6) is 1.06. The van der Waals surface area contributed by atoms with Crippen molar-refractivity contribution in [1.29, 1.82) is 0 Å². The molecule has 2 aromatic rings. The summed E-state index contributed by atoms with van der Waals surface area (Å²) in [5.41, 5.74) is 1.77. The summed E-state index contributed by atoms with van der Waals surface area (Å²) in [6, 6.07) is 7.51. The average molecular weight is 274 g/mol. The quantitative estimate of drug-likeness (QED) is 0.857. The number of carbonyl (C=O) groups is 1. The minimum atomic E-state index is -0.282. The van der Waals surface area contributed by atoms with Crippen molar-refractivity contribution in [3.63, 3.8) is 0 Å². The molecule has 6 nitrogen and oxygen atoms in total. The number of nitrogens with one attached hydrogen (secondary N) is 1. The third-order valence-electron chi connectivity index (χ3n) is 3.10. The van der Waals surface area contributed by atoms with Crippen LogP contribution in [0.1, 0.15) is 16.1 Å². The van der Waals surface area contributed by atoms with Gasteiger partial charge in [0.05, 0.1) is 17.7 Å². The highest BCUT2D eigenvalue weighted by atomic mass is 16.5. The molecule has 0 fully saturated rings. The summed E-state index contributed by atoms with van der Waals surface area (Å²) in [6.07, 6.45) is 0. The average Bonchev–Trinajstić information content (AvgIpc) is 2.92. The SMILES string of the molecule is COCCNC(=O)c1noc2c1COc1ccccc1-2. The lowest BCUT2D eigenvalue weighted by Gasteiger charge is -2.15. The van der Waals surface area contributed by atoms with Crippen molar-refractivity contribution in [2.45, 2.75) is 6.61 Å². The van der Waals surface area contributed by atoms with E-state index in [1.807, 2.05) is 24.3 Å². The van der Waals surface area contributed by atoms with Crippen LogP contribution in [0, 0.1) is 0 Å². The smallest absolute Gasteiger partial charge is 0.273 e. The van der Waals surface area contributed by atoms with Gasteiger partial charge in [-0.3, -0.25) is 4.79 Å². The molecule has 0 saturated carbocycles. The van der Waals surface area contributed by atoms with Crippen LogP contribution < -0.4 is 10.1 Å². The number of nitrogens with zero attached hydrogens (tertiary/aromatic N) is 1. The van der Waals surface area contributed by atoms with Crippen LogP contribution in [0.5, 0.6) is 5.75 Å². The highest BCUT2D eigenvalue weighted by molar-refractivity contribution is 5.95. The van der Waals surface area contributed by atoms with Crippen LogP contribution in [0.15, 0.2) is 28.8 Å². The van der Waals surface area contributed by atoms with Crippen LogP contribution in [0.3, 0.4) is 0 Å². The van der Waals surface area contributed by atoms with Crippen molar-refractivity contribution in [3.8, 4) is 17.1 Å². The molecule has 1 aromatic carbocycles. The normalized spacial score (nSPS) is 12.2. The Labute approximate surface area is 115 Å². The number of amides is 1. The molecule has 0 atom stereocenters. The summed E-state index contributed by atoms with van der Waals surface area (Å²) in [7, 11) is 1.58. The Balaban J connectivity index is 1.88. The lowest BCUT2D eigenvalue weighted by atomic mass is 10.0. The molecule has 1 N–H and O–H groups in total. The zero-order valence-electron chi connectivity index (χ0n) is 11.0. The monoisotopic (exact) mass is 274 g/mol. The summed E-state index contributed by atoms with van der Waals surface area (Å²) in [4.78, 5) is 12.0. The Morgan fingerprint density at radius 2 is 2.30 bits per heavy atom. The Bertz CT molecular complexity index is 636. The van der Waals surface area contributed by atoms with E-state index in [9.17, 15) is 4.79 Å². The molecule has 0 radical (unpaired) electrons. The molecular weight excluding hydrogens is 260 g/mol. The van der Waals surface area contributed by atoms with Gasteiger partial charge in [-0.2, -0.15) is 0 Å². The van der Waals surface area contributed by atoms with Gasteiger partial charge in [-0.1, -0.05) is 17.3 Å². The third-order valence-corrected chi connectivity index (χ3v) is 3.10. The number of para-hydroxylation sites is 1. The van der Waals surface area contributed by atoms with E-state index in [1.165, 1.54) is 0 Å². The largest absolute Gasteiger partial charge is 0.488 e. The van der Waals surface area contributed by atoms with Gasteiger partial charge in [0, 0.05) is 13.7 Å². The van der Waals surface area contributed by atoms with Gasteiger partial charge in [-0.05, 0) is 12.1 Å². The van der Waals surface area contributed by atoms with Gasteiger partial charge in [0.25, 0.3) is 5.91 Å². The van der Waals surface area contributed by atoms with E-state index in [-0.39, 0.29) is 18.2 Å². The fourth-order valence-electron chi connectivity index (χ4n) is 2.11. The molecule has 2 heterocycles. The van der Waals surface area contributed by atoms with E-state index in [0.717, 1.165) is 11.3 Å². The van der Waals surface area contributed by atoms with Crippen molar-refractivity contribution >= 4 is 5.91 Å². The molecule has 0 bridgehead atoms. The topological polar surface area (TPSA) is 73.6 Å². The maximum atomic E-state index is 12.0. The number of carbonyl (C=O) groups excluding carboxylic acids is 1. The molecule has 0 spiro atoms. The van der Waals surface area contributed by atoms with E-state index in [0.29, 0.717) is 24.5 Å². The van der Waals surface area contributed by atoms with Gasteiger partial charge in [0.15, 0.2) is 11.5 Å². The number of fused-ring (bicyclic) bond motifs is 3. The van der Waals surface area contributed by atoms with E-state index in [1.54, 1.807) is 7.11 Å². The predicted molar refractivity (Wildman–Crippen MR) is 70.5 cm³/mol. The van der Waals surface area contributed by atoms with Gasteiger partial charge in [0.1, 0.15) is 12.4 Å². The molecule has 3 rings (SSSR count). The van der Waals surface area contributed by atoms with Crippen molar-refractivity contribution in [2.75, 3.05) is 20.3 Å². The van der Waals surface area contributed by atoms with Gasteiger partial charge < -0.3 is 19.3 Å². The fraction of sp³-hybridized carbons (Fsp3) is 0.286. The Kier molecular flexibility index (Phi) is 3.39. The minimum absolute atomic E-state index is 0.269. The molecule has 0 saturated heterocycles. The molecule has 20 heavy (non-hydrogen) atoms. The molecule has 1 aliphatic heterocycles. The Morgan fingerprint density at radius 3 is 3.15 bits per heavy atom. The molecular formula is C14H14N2O4. The molecule has 1 amide bonds. The first-order chi connectivity index (χ1) is 9.81. The third kappa shape index (κ3) is 2.14. The second-order valence-corrected chi connectivity index (χ2v) is 4.37. The second-order valence-electron chi connectivity index (χ2n) is 4.37. The predicted octanol–water partition coefficient (Wildman–Crippen LogP) is 1.61. The standard InChI is InChI=1S/C14H14N2O4/c1-18-7-6-15-14(17)12-10-8-19-11-5-3-2-4-9(11)13(10)20-16-12/h2-5H,6-8H2,1H3,(H,15,17). The first kappa shape index (κ1) is 12.7. The lowest BCUT2D eigenvalue weighted by molar-refractivity contribution is 0.0926. The highest BCUT2D eigenvalue weighted by Gasteiger charge is 2.28. The molecule has 1 aliphatic rings. The van der Waals surface area contributed by atoms with Crippen molar-refractivity contribution < 1.29 is 18.8 Å². The van der Waals surface area contributed by atoms with E-state index >= 15 is 0 Å². The maximum absolute atomic E-state index is 12.0. The first-order valence-electron chi connectivity index (χ1n) is 6.29. The number of aromatic nitrogens is 1. The number of methoxy groups -OCH3 is 1. The Hall–Kier alpha value is -2.34. The number of hydrogen-bond donors (Lipinski definition) is 1. The molecule has 6 heteroatoms. The Morgan fingerprint density at radius 1 is 1.45 bits per heavy atom.